The Hall–Kier alpha value is -1.22. The van der Waals surface area contributed by atoms with Crippen molar-refractivity contribution in [3.05, 3.63) is 30.1 Å². The van der Waals surface area contributed by atoms with E-state index in [0.29, 0.717) is 12.3 Å². The van der Waals surface area contributed by atoms with Crippen LogP contribution in [-0.2, 0) is 4.74 Å². The number of hydrogen-bond acceptors (Lipinski definition) is 3. The molecule has 1 aromatic rings. The average Bonchev–Trinajstić information content (AvgIpc) is 2.26. The van der Waals surface area contributed by atoms with E-state index in [1.54, 1.807) is 25.4 Å². The van der Waals surface area contributed by atoms with Crippen LogP contribution in [0.5, 0.6) is 0 Å². The van der Waals surface area contributed by atoms with Gasteiger partial charge in [0, 0.05) is 25.8 Å². The summed E-state index contributed by atoms with van der Waals surface area (Å²) in [5.74, 6) is 0.0625. The molecule has 0 saturated heterocycles. The normalized spacial score (nSPS) is 12.4. The van der Waals surface area contributed by atoms with E-state index in [4.69, 9.17) is 4.74 Å². The predicted octanol–water partition coefficient (Wildman–Crippen LogP) is 1.94. The summed E-state index contributed by atoms with van der Waals surface area (Å²) in [6.45, 7) is 2.51. The van der Waals surface area contributed by atoms with Crippen molar-refractivity contribution in [1.29, 1.82) is 0 Å². The monoisotopic (exact) mass is 193 g/mol. The number of carbonyl (C=O) groups is 1. The predicted molar refractivity (Wildman–Crippen MR) is 54.2 cm³/mol. The largest absolute Gasteiger partial charge is 0.385 e. The molecule has 0 amide bonds. The Morgan fingerprint density at radius 3 is 2.93 bits per heavy atom. The summed E-state index contributed by atoms with van der Waals surface area (Å²) in [4.78, 5) is 15.7. The van der Waals surface area contributed by atoms with E-state index in [-0.39, 0.29) is 11.7 Å². The quantitative estimate of drug-likeness (QED) is 0.671. The number of pyridine rings is 1. The van der Waals surface area contributed by atoms with Crippen LogP contribution in [0.25, 0.3) is 0 Å². The SMILES string of the molecule is COCCC(C)C(=O)c1ccccn1. The topological polar surface area (TPSA) is 39.2 Å². The van der Waals surface area contributed by atoms with E-state index in [1.165, 1.54) is 0 Å². The zero-order valence-electron chi connectivity index (χ0n) is 8.56. The van der Waals surface area contributed by atoms with Crippen molar-refractivity contribution >= 4 is 5.78 Å². The molecule has 0 aliphatic rings. The Morgan fingerprint density at radius 2 is 2.36 bits per heavy atom. The van der Waals surface area contributed by atoms with Crippen LogP contribution >= 0.6 is 0 Å². The van der Waals surface area contributed by atoms with Crippen LogP contribution in [-0.4, -0.2) is 24.5 Å². The fourth-order valence-electron chi connectivity index (χ4n) is 1.19. The molecule has 0 saturated carbocycles. The Kier molecular flexibility index (Phi) is 4.26. The minimum absolute atomic E-state index is 0.0233. The summed E-state index contributed by atoms with van der Waals surface area (Å²) in [5.41, 5.74) is 0.538. The minimum atomic E-state index is -0.0233. The summed E-state index contributed by atoms with van der Waals surface area (Å²) in [5, 5.41) is 0. The van der Waals surface area contributed by atoms with Crippen LogP contribution < -0.4 is 0 Å². The van der Waals surface area contributed by atoms with Crippen molar-refractivity contribution in [3.63, 3.8) is 0 Å². The highest BCUT2D eigenvalue weighted by Crippen LogP contribution is 2.09. The van der Waals surface area contributed by atoms with Crippen LogP contribution in [0.2, 0.25) is 0 Å². The number of Topliss-reactive ketones (excluding diaryl/α,β-unsaturated/α-hetero) is 1. The Morgan fingerprint density at radius 1 is 1.57 bits per heavy atom. The van der Waals surface area contributed by atoms with E-state index in [2.05, 4.69) is 4.98 Å². The van der Waals surface area contributed by atoms with E-state index in [9.17, 15) is 4.79 Å². The number of hydrogen-bond donors (Lipinski definition) is 0. The van der Waals surface area contributed by atoms with Gasteiger partial charge in [0.2, 0.25) is 0 Å². The third-order valence-corrected chi connectivity index (χ3v) is 2.12. The van der Waals surface area contributed by atoms with E-state index >= 15 is 0 Å². The fourth-order valence-corrected chi connectivity index (χ4v) is 1.19. The van der Waals surface area contributed by atoms with Gasteiger partial charge in [0.25, 0.3) is 0 Å². The molecule has 3 nitrogen and oxygen atoms in total. The van der Waals surface area contributed by atoms with Crippen molar-refractivity contribution in [2.45, 2.75) is 13.3 Å². The molecule has 1 aromatic heterocycles. The summed E-state index contributed by atoms with van der Waals surface area (Å²) in [7, 11) is 1.64. The lowest BCUT2D eigenvalue weighted by Gasteiger charge is -2.08. The number of ketones is 1. The molecule has 1 heterocycles. The minimum Gasteiger partial charge on any atom is -0.385 e. The van der Waals surface area contributed by atoms with Gasteiger partial charge in [-0.3, -0.25) is 9.78 Å². The van der Waals surface area contributed by atoms with Crippen molar-refractivity contribution in [2.75, 3.05) is 13.7 Å². The maximum Gasteiger partial charge on any atom is 0.184 e. The third-order valence-electron chi connectivity index (χ3n) is 2.12. The molecule has 76 valence electrons. The van der Waals surface area contributed by atoms with Crippen LogP contribution in [0.3, 0.4) is 0 Å². The summed E-state index contributed by atoms with van der Waals surface area (Å²) in [6.07, 6.45) is 2.38. The first-order valence-corrected chi connectivity index (χ1v) is 4.70. The molecule has 0 aromatic carbocycles. The molecular weight excluding hydrogens is 178 g/mol. The Balaban J connectivity index is 2.57. The van der Waals surface area contributed by atoms with Crippen molar-refractivity contribution < 1.29 is 9.53 Å². The lowest BCUT2D eigenvalue weighted by atomic mass is 10.0. The molecule has 0 aliphatic heterocycles. The van der Waals surface area contributed by atoms with E-state index in [1.807, 2.05) is 13.0 Å². The first-order valence-electron chi connectivity index (χ1n) is 4.70. The summed E-state index contributed by atoms with van der Waals surface area (Å²) in [6, 6.07) is 5.37. The zero-order valence-corrected chi connectivity index (χ0v) is 8.56. The van der Waals surface area contributed by atoms with Gasteiger partial charge in [-0.1, -0.05) is 13.0 Å². The highest BCUT2D eigenvalue weighted by Gasteiger charge is 2.15. The standard InChI is InChI=1S/C11H15NO2/c1-9(6-8-14-2)11(13)10-5-3-4-7-12-10/h3-5,7,9H,6,8H2,1-2H3. The summed E-state index contributed by atoms with van der Waals surface area (Å²) >= 11 is 0. The molecule has 1 rings (SSSR count). The van der Waals surface area contributed by atoms with Gasteiger partial charge in [-0.05, 0) is 18.6 Å². The first kappa shape index (κ1) is 10.9. The molecule has 0 spiro atoms. The lowest BCUT2D eigenvalue weighted by Crippen LogP contribution is -2.14. The molecule has 1 unspecified atom stereocenters. The van der Waals surface area contributed by atoms with Gasteiger partial charge in [-0.15, -0.1) is 0 Å². The second kappa shape index (κ2) is 5.50. The van der Waals surface area contributed by atoms with Gasteiger partial charge in [-0.2, -0.15) is 0 Å². The molecule has 1 atom stereocenters. The average molecular weight is 193 g/mol. The number of carbonyl (C=O) groups excluding carboxylic acids is 1. The first-order chi connectivity index (χ1) is 6.75. The van der Waals surface area contributed by atoms with Gasteiger partial charge >= 0.3 is 0 Å². The zero-order chi connectivity index (χ0) is 10.4. The van der Waals surface area contributed by atoms with E-state index < -0.39 is 0 Å². The van der Waals surface area contributed by atoms with Crippen LogP contribution in [0.4, 0.5) is 0 Å². The van der Waals surface area contributed by atoms with Gasteiger partial charge in [0.1, 0.15) is 5.69 Å². The molecule has 14 heavy (non-hydrogen) atoms. The lowest BCUT2D eigenvalue weighted by molar-refractivity contribution is 0.0888. The highest BCUT2D eigenvalue weighted by molar-refractivity contribution is 5.95. The van der Waals surface area contributed by atoms with Gasteiger partial charge < -0.3 is 4.74 Å². The molecule has 3 heteroatoms. The number of nitrogens with zero attached hydrogens (tertiary/aromatic N) is 1. The van der Waals surface area contributed by atoms with Crippen LogP contribution in [0.15, 0.2) is 24.4 Å². The fraction of sp³-hybridized carbons (Fsp3) is 0.455. The number of rotatable bonds is 5. The second-order valence-electron chi connectivity index (χ2n) is 3.26. The second-order valence-corrected chi connectivity index (χ2v) is 3.26. The maximum absolute atomic E-state index is 11.7. The number of methoxy groups -OCH3 is 1. The molecular formula is C11H15NO2. The third kappa shape index (κ3) is 2.92. The maximum atomic E-state index is 11.7. The van der Waals surface area contributed by atoms with Crippen molar-refractivity contribution in [1.82, 2.24) is 4.98 Å². The molecule has 0 bridgehead atoms. The molecule has 0 fully saturated rings. The Labute approximate surface area is 84.1 Å². The van der Waals surface area contributed by atoms with Gasteiger partial charge in [-0.25, -0.2) is 0 Å². The number of aromatic nitrogens is 1. The van der Waals surface area contributed by atoms with Gasteiger partial charge in [0.05, 0.1) is 0 Å². The van der Waals surface area contributed by atoms with E-state index in [0.717, 1.165) is 6.42 Å². The highest BCUT2D eigenvalue weighted by atomic mass is 16.5. The smallest absolute Gasteiger partial charge is 0.184 e. The number of ether oxygens (including phenoxy) is 1. The van der Waals surface area contributed by atoms with Crippen molar-refractivity contribution in [3.8, 4) is 0 Å². The van der Waals surface area contributed by atoms with Crippen LogP contribution in [0, 0.1) is 5.92 Å². The molecule has 0 N–H and O–H groups in total. The van der Waals surface area contributed by atoms with Crippen molar-refractivity contribution in [2.24, 2.45) is 5.92 Å². The molecule has 0 radical (unpaired) electrons. The molecule has 0 aliphatic carbocycles. The van der Waals surface area contributed by atoms with Crippen LogP contribution in [0.1, 0.15) is 23.8 Å². The van der Waals surface area contributed by atoms with Gasteiger partial charge in [0.15, 0.2) is 5.78 Å². The Bertz CT molecular complexity index is 285. The summed E-state index contributed by atoms with van der Waals surface area (Å²) < 4.78 is 4.93.